The van der Waals surface area contributed by atoms with E-state index in [-0.39, 0.29) is 5.41 Å². The van der Waals surface area contributed by atoms with Crippen LogP contribution in [0.2, 0.25) is 0 Å². The molecule has 122 valence electrons. The largest absolute Gasteiger partial charge is 0.388 e. The fourth-order valence-electron chi connectivity index (χ4n) is 3.93. The lowest BCUT2D eigenvalue weighted by molar-refractivity contribution is 0.346. The number of hydrogen-bond donors (Lipinski definition) is 1. The molecule has 2 aromatic rings. The summed E-state index contributed by atoms with van der Waals surface area (Å²) in [4.78, 5) is 2.17. The van der Waals surface area contributed by atoms with Gasteiger partial charge in [0.1, 0.15) is 0 Å². The highest BCUT2D eigenvalue weighted by Crippen LogP contribution is 2.45. The first-order valence-electron chi connectivity index (χ1n) is 8.72. The molecule has 0 atom stereocenters. The van der Waals surface area contributed by atoms with Gasteiger partial charge in [0.2, 0.25) is 0 Å². The third-order valence-corrected chi connectivity index (χ3v) is 5.37. The van der Waals surface area contributed by atoms with Crippen molar-refractivity contribution in [3.05, 3.63) is 59.7 Å². The Balaban J connectivity index is 2.01. The molecular weight excluding hydrogens is 280 g/mol. The van der Waals surface area contributed by atoms with Crippen LogP contribution in [0.3, 0.4) is 0 Å². The minimum Gasteiger partial charge on any atom is -0.388 e. The van der Waals surface area contributed by atoms with Crippen LogP contribution in [0.15, 0.2) is 48.5 Å². The summed E-state index contributed by atoms with van der Waals surface area (Å²) < 4.78 is 0. The molecule has 0 bridgehead atoms. The maximum atomic E-state index is 3.22. The van der Waals surface area contributed by atoms with Crippen LogP contribution in [0.5, 0.6) is 0 Å². The van der Waals surface area contributed by atoms with Gasteiger partial charge in [-0.15, -0.1) is 0 Å². The van der Waals surface area contributed by atoms with E-state index in [4.69, 9.17) is 0 Å². The van der Waals surface area contributed by atoms with Crippen molar-refractivity contribution in [2.75, 3.05) is 31.4 Å². The summed E-state index contributed by atoms with van der Waals surface area (Å²) in [7, 11) is 6.18. The molecule has 0 amide bonds. The van der Waals surface area contributed by atoms with E-state index in [1.54, 1.807) is 0 Å². The molecule has 0 heterocycles. The molecule has 1 saturated carbocycles. The summed E-state index contributed by atoms with van der Waals surface area (Å²) >= 11 is 0. The van der Waals surface area contributed by atoms with Crippen molar-refractivity contribution in [2.45, 2.75) is 37.5 Å². The van der Waals surface area contributed by atoms with E-state index in [0.717, 1.165) is 0 Å². The van der Waals surface area contributed by atoms with Crippen molar-refractivity contribution in [3.63, 3.8) is 0 Å². The SMILES string of the molecule is CNc1ccc(C2(c3ccc(N(C)C)cc3)CCCCC2)cc1. The molecule has 3 rings (SSSR count). The maximum absolute atomic E-state index is 3.22. The summed E-state index contributed by atoms with van der Waals surface area (Å²) in [6, 6.07) is 18.2. The number of anilines is 2. The van der Waals surface area contributed by atoms with E-state index in [2.05, 4.69) is 72.8 Å². The number of rotatable bonds is 4. The van der Waals surface area contributed by atoms with Gasteiger partial charge in [0.25, 0.3) is 0 Å². The molecule has 23 heavy (non-hydrogen) atoms. The second kappa shape index (κ2) is 6.66. The molecule has 0 spiro atoms. The molecule has 1 N–H and O–H groups in total. The Hall–Kier alpha value is -1.96. The van der Waals surface area contributed by atoms with Gasteiger partial charge in [-0.05, 0) is 48.2 Å². The standard InChI is InChI=1S/C21H28N2/c1-22-19-11-7-17(8-12-19)21(15-5-4-6-16-21)18-9-13-20(14-10-18)23(2)3/h7-14,22H,4-6,15-16H2,1-3H3. The predicted molar refractivity (Wildman–Crippen MR) is 101 cm³/mol. The van der Waals surface area contributed by atoms with Gasteiger partial charge in [-0.2, -0.15) is 0 Å². The van der Waals surface area contributed by atoms with Crippen molar-refractivity contribution in [1.29, 1.82) is 0 Å². The Morgan fingerprint density at radius 1 is 0.783 bits per heavy atom. The molecule has 1 aliphatic carbocycles. The van der Waals surface area contributed by atoms with Gasteiger partial charge >= 0.3 is 0 Å². The molecule has 0 aliphatic heterocycles. The highest BCUT2D eigenvalue weighted by atomic mass is 15.1. The second-order valence-electron chi connectivity index (χ2n) is 6.91. The quantitative estimate of drug-likeness (QED) is 0.850. The Labute approximate surface area is 140 Å². The highest BCUT2D eigenvalue weighted by Gasteiger charge is 2.35. The number of benzene rings is 2. The molecule has 0 aromatic heterocycles. The zero-order valence-electron chi connectivity index (χ0n) is 14.6. The van der Waals surface area contributed by atoms with Crippen molar-refractivity contribution in [1.82, 2.24) is 0 Å². The molecule has 0 unspecified atom stereocenters. The smallest absolute Gasteiger partial charge is 0.0361 e. The molecular formula is C21H28N2. The van der Waals surface area contributed by atoms with Crippen LogP contribution in [-0.4, -0.2) is 21.1 Å². The van der Waals surface area contributed by atoms with Gasteiger partial charge in [0.05, 0.1) is 0 Å². The second-order valence-corrected chi connectivity index (χ2v) is 6.91. The number of nitrogens with one attached hydrogen (secondary N) is 1. The number of nitrogens with zero attached hydrogens (tertiary/aromatic N) is 1. The Kier molecular flexibility index (Phi) is 4.61. The van der Waals surface area contributed by atoms with Crippen LogP contribution in [0.4, 0.5) is 11.4 Å². The lowest BCUT2D eigenvalue weighted by Crippen LogP contribution is -2.30. The van der Waals surface area contributed by atoms with Gasteiger partial charge < -0.3 is 10.2 Å². The van der Waals surface area contributed by atoms with Crippen LogP contribution in [-0.2, 0) is 5.41 Å². The minimum atomic E-state index is 0.190. The number of hydrogen-bond acceptors (Lipinski definition) is 2. The summed E-state index contributed by atoms with van der Waals surface area (Å²) in [5.41, 5.74) is 5.58. The third kappa shape index (κ3) is 3.08. The van der Waals surface area contributed by atoms with Gasteiger partial charge in [-0.25, -0.2) is 0 Å². The first-order valence-corrected chi connectivity index (χ1v) is 8.72. The lowest BCUT2D eigenvalue weighted by atomic mass is 9.65. The minimum absolute atomic E-state index is 0.190. The highest BCUT2D eigenvalue weighted by molar-refractivity contribution is 5.52. The monoisotopic (exact) mass is 308 g/mol. The van der Waals surface area contributed by atoms with E-state index >= 15 is 0 Å². The predicted octanol–water partition coefficient (Wildman–Crippen LogP) is 5.04. The Morgan fingerprint density at radius 2 is 1.30 bits per heavy atom. The summed E-state index contributed by atoms with van der Waals surface area (Å²) in [6.07, 6.45) is 6.53. The third-order valence-electron chi connectivity index (χ3n) is 5.37. The van der Waals surface area contributed by atoms with E-state index in [0.29, 0.717) is 0 Å². The molecule has 2 aromatic carbocycles. The maximum Gasteiger partial charge on any atom is 0.0361 e. The van der Waals surface area contributed by atoms with E-state index in [9.17, 15) is 0 Å². The molecule has 2 heteroatoms. The van der Waals surface area contributed by atoms with Crippen LogP contribution >= 0.6 is 0 Å². The zero-order chi connectivity index (χ0) is 16.3. The van der Waals surface area contributed by atoms with Gasteiger partial charge in [0.15, 0.2) is 0 Å². The van der Waals surface area contributed by atoms with Crippen LogP contribution < -0.4 is 10.2 Å². The van der Waals surface area contributed by atoms with Crippen molar-refractivity contribution >= 4 is 11.4 Å². The molecule has 0 radical (unpaired) electrons. The topological polar surface area (TPSA) is 15.3 Å². The van der Waals surface area contributed by atoms with Gasteiger partial charge in [-0.3, -0.25) is 0 Å². The van der Waals surface area contributed by atoms with Crippen molar-refractivity contribution in [2.24, 2.45) is 0 Å². The summed E-state index contributed by atoms with van der Waals surface area (Å²) in [6.45, 7) is 0. The fourth-order valence-corrected chi connectivity index (χ4v) is 3.93. The molecule has 1 fully saturated rings. The molecule has 0 saturated heterocycles. The van der Waals surface area contributed by atoms with E-state index < -0.39 is 0 Å². The van der Waals surface area contributed by atoms with Crippen molar-refractivity contribution < 1.29 is 0 Å². The van der Waals surface area contributed by atoms with E-state index in [1.165, 1.54) is 54.6 Å². The van der Waals surface area contributed by atoms with Crippen LogP contribution in [0.25, 0.3) is 0 Å². The van der Waals surface area contributed by atoms with Crippen molar-refractivity contribution in [3.8, 4) is 0 Å². The Bertz CT molecular complexity index is 620. The average Bonchev–Trinajstić information content (AvgIpc) is 2.62. The normalized spacial score (nSPS) is 16.8. The van der Waals surface area contributed by atoms with E-state index in [1.807, 2.05) is 7.05 Å². The average molecular weight is 308 g/mol. The first-order chi connectivity index (χ1) is 11.2. The molecule has 1 aliphatic rings. The first kappa shape index (κ1) is 15.9. The Morgan fingerprint density at radius 3 is 1.78 bits per heavy atom. The van der Waals surface area contributed by atoms with Crippen LogP contribution in [0.1, 0.15) is 43.2 Å². The zero-order valence-corrected chi connectivity index (χ0v) is 14.6. The summed E-state index contributed by atoms with van der Waals surface area (Å²) in [5.74, 6) is 0. The van der Waals surface area contributed by atoms with Gasteiger partial charge in [0, 0.05) is 37.9 Å². The van der Waals surface area contributed by atoms with Gasteiger partial charge in [-0.1, -0.05) is 43.5 Å². The molecule has 2 nitrogen and oxygen atoms in total. The summed E-state index contributed by atoms with van der Waals surface area (Å²) in [5, 5.41) is 3.22. The van der Waals surface area contributed by atoms with Crippen LogP contribution in [0, 0.1) is 0 Å². The lowest BCUT2D eigenvalue weighted by Gasteiger charge is -2.39. The fraction of sp³-hybridized carbons (Fsp3) is 0.429.